The van der Waals surface area contributed by atoms with Crippen LogP contribution in [-0.4, -0.2) is 37.0 Å². The lowest BCUT2D eigenvalue weighted by Crippen LogP contribution is -2.39. The maximum atomic E-state index is 13.3. The summed E-state index contributed by atoms with van der Waals surface area (Å²) in [5.74, 6) is -0.847. The number of hydrogen-bond acceptors (Lipinski definition) is 3. The van der Waals surface area contributed by atoms with E-state index in [2.05, 4.69) is 24.1 Å². The van der Waals surface area contributed by atoms with Crippen LogP contribution in [0, 0.1) is 12.7 Å². The van der Waals surface area contributed by atoms with Gasteiger partial charge in [0.1, 0.15) is 11.9 Å². The lowest BCUT2D eigenvalue weighted by atomic mass is 10.0. The van der Waals surface area contributed by atoms with Gasteiger partial charge in [0.15, 0.2) is 0 Å². The van der Waals surface area contributed by atoms with Gasteiger partial charge < -0.3 is 16.0 Å². The van der Waals surface area contributed by atoms with Gasteiger partial charge in [-0.2, -0.15) is 0 Å². The normalized spacial score (nSPS) is 12.7. The van der Waals surface area contributed by atoms with Crippen molar-refractivity contribution in [2.45, 2.75) is 26.8 Å². The summed E-state index contributed by atoms with van der Waals surface area (Å²) in [7, 11) is 0. The Morgan fingerprint density at radius 3 is 2.60 bits per heavy atom. The van der Waals surface area contributed by atoms with Gasteiger partial charge in [-0.1, -0.05) is 19.9 Å². The third kappa shape index (κ3) is 4.58. The van der Waals surface area contributed by atoms with E-state index in [0.717, 1.165) is 25.2 Å². The van der Waals surface area contributed by atoms with Crippen molar-refractivity contribution in [3.63, 3.8) is 0 Å². The zero-order valence-electron chi connectivity index (χ0n) is 12.4. The Hall–Kier alpha value is -1.46. The smallest absolute Gasteiger partial charge is 0.239 e. The molecule has 5 heteroatoms. The Morgan fingerprint density at radius 1 is 1.40 bits per heavy atom. The van der Waals surface area contributed by atoms with Crippen molar-refractivity contribution >= 4 is 5.91 Å². The lowest BCUT2D eigenvalue weighted by Gasteiger charge is -2.22. The van der Waals surface area contributed by atoms with Crippen LogP contribution in [0.25, 0.3) is 0 Å². The Labute approximate surface area is 120 Å². The molecule has 1 aromatic carbocycles. The number of carbonyl (C=O) groups excluding carboxylic acids is 1. The number of primary amides is 1. The molecule has 0 aliphatic heterocycles. The van der Waals surface area contributed by atoms with Gasteiger partial charge in [-0.05, 0) is 43.3 Å². The number of amides is 1. The predicted molar refractivity (Wildman–Crippen MR) is 78.9 cm³/mol. The summed E-state index contributed by atoms with van der Waals surface area (Å²) < 4.78 is 13.3. The number of nitrogens with zero attached hydrogens (tertiary/aromatic N) is 1. The van der Waals surface area contributed by atoms with Gasteiger partial charge in [0.05, 0.1) is 0 Å². The quantitative estimate of drug-likeness (QED) is 0.761. The predicted octanol–water partition coefficient (Wildman–Crippen LogP) is 1.59. The van der Waals surface area contributed by atoms with Crippen LogP contribution >= 0.6 is 0 Å². The summed E-state index contributed by atoms with van der Waals surface area (Å²) in [6.07, 6.45) is 0. The zero-order chi connectivity index (χ0) is 15.1. The largest absolute Gasteiger partial charge is 0.368 e. The number of aryl methyl sites for hydroxylation is 1. The van der Waals surface area contributed by atoms with Gasteiger partial charge in [0.25, 0.3) is 0 Å². The Kier molecular flexibility index (Phi) is 6.61. The molecule has 1 unspecified atom stereocenters. The zero-order valence-corrected chi connectivity index (χ0v) is 12.4. The first-order valence-corrected chi connectivity index (χ1v) is 7.00. The van der Waals surface area contributed by atoms with Crippen molar-refractivity contribution in [2.24, 2.45) is 5.73 Å². The van der Waals surface area contributed by atoms with Crippen molar-refractivity contribution < 1.29 is 9.18 Å². The number of rotatable bonds is 8. The molecule has 0 heterocycles. The molecule has 0 aliphatic carbocycles. The topological polar surface area (TPSA) is 58.4 Å². The molecule has 1 rings (SSSR count). The van der Waals surface area contributed by atoms with E-state index in [1.165, 1.54) is 12.1 Å². The third-order valence-electron chi connectivity index (χ3n) is 3.51. The first-order valence-electron chi connectivity index (χ1n) is 7.00. The first-order chi connectivity index (χ1) is 9.49. The van der Waals surface area contributed by atoms with E-state index >= 15 is 0 Å². The van der Waals surface area contributed by atoms with E-state index in [4.69, 9.17) is 5.73 Å². The van der Waals surface area contributed by atoms with Crippen molar-refractivity contribution in [1.82, 2.24) is 10.2 Å². The summed E-state index contributed by atoms with van der Waals surface area (Å²) in [4.78, 5) is 13.8. The molecule has 0 saturated carbocycles. The van der Waals surface area contributed by atoms with Crippen molar-refractivity contribution in [2.75, 3.05) is 26.2 Å². The van der Waals surface area contributed by atoms with Crippen molar-refractivity contribution in [3.8, 4) is 0 Å². The highest BCUT2D eigenvalue weighted by molar-refractivity contribution is 5.81. The standard InChI is InChI=1S/C15H24FN3O/c1-4-19(5-2)9-8-18-14(15(17)20)13-10-12(16)7-6-11(13)3/h6-7,10,14,18H,4-5,8-9H2,1-3H3,(H2,17,20). The number of benzene rings is 1. The molecule has 0 radical (unpaired) electrons. The molecular formula is C15H24FN3O. The number of nitrogens with two attached hydrogens (primary N) is 1. The molecule has 1 atom stereocenters. The molecule has 0 spiro atoms. The summed E-state index contributed by atoms with van der Waals surface area (Å²) in [5, 5.41) is 3.12. The second-order valence-corrected chi connectivity index (χ2v) is 4.82. The maximum absolute atomic E-state index is 13.3. The van der Waals surface area contributed by atoms with Crippen LogP contribution in [0.1, 0.15) is 31.0 Å². The van der Waals surface area contributed by atoms with Gasteiger partial charge >= 0.3 is 0 Å². The fourth-order valence-electron chi connectivity index (χ4n) is 2.19. The van der Waals surface area contributed by atoms with Crippen LogP contribution in [0.2, 0.25) is 0 Å². The number of hydrogen-bond donors (Lipinski definition) is 2. The average molecular weight is 281 g/mol. The highest BCUT2D eigenvalue weighted by Gasteiger charge is 2.19. The monoisotopic (exact) mass is 281 g/mol. The minimum Gasteiger partial charge on any atom is -0.368 e. The minimum absolute atomic E-state index is 0.359. The first kappa shape index (κ1) is 16.6. The second kappa shape index (κ2) is 7.97. The van der Waals surface area contributed by atoms with Gasteiger partial charge in [-0.3, -0.25) is 4.79 Å². The molecule has 112 valence electrons. The van der Waals surface area contributed by atoms with E-state index in [0.29, 0.717) is 12.1 Å². The van der Waals surface area contributed by atoms with Crippen molar-refractivity contribution in [1.29, 1.82) is 0 Å². The Balaban J connectivity index is 2.75. The Morgan fingerprint density at radius 2 is 2.05 bits per heavy atom. The summed E-state index contributed by atoms with van der Waals surface area (Å²) in [6.45, 7) is 9.39. The van der Waals surface area contributed by atoms with E-state index < -0.39 is 11.9 Å². The fraction of sp³-hybridized carbons (Fsp3) is 0.533. The molecule has 1 amide bonds. The van der Waals surface area contributed by atoms with Crippen LogP contribution < -0.4 is 11.1 Å². The van der Waals surface area contributed by atoms with E-state index in [-0.39, 0.29) is 5.82 Å². The molecular weight excluding hydrogens is 257 g/mol. The molecule has 4 nitrogen and oxygen atoms in total. The molecule has 0 aliphatic rings. The summed E-state index contributed by atoms with van der Waals surface area (Å²) >= 11 is 0. The summed E-state index contributed by atoms with van der Waals surface area (Å²) in [5.41, 5.74) is 6.89. The molecule has 0 saturated heterocycles. The molecule has 0 fully saturated rings. The highest BCUT2D eigenvalue weighted by Crippen LogP contribution is 2.18. The maximum Gasteiger partial charge on any atom is 0.239 e. The van der Waals surface area contributed by atoms with Crippen LogP contribution in [0.3, 0.4) is 0 Å². The number of likely N-dealkylation sites (N-methyl/N-ethyl adjacent to an activating group) is 1. The van der Waals surface area contributed by atoms with E-state index in [1.54, 1.807) is 6.07 Å². The second-order valence-electron chi connectivity index (χ2n) is 4.82. The number of halogens is 1. The SMILES string of the molecule is CCN(CC)CCNC(C(N)=O)c1cc(F)ccc1C. The van der Waals surface area contributed by atoms with Gasteiger partial charge in [0.2, 0.25) is 5.91 Å². The third-order valence-corrected chi connectivity index (χ3v) is 3.51. The van der Waals surface area contributed by atoms with E-state index in [1.807, 2.05) is 6.92 Å². The molecule has 20 heavy (non-hydrogen) atoms. The molecule has 3 N–H and O–H groups in total. The lowest BCUT2D eigenvalue weighted by molar-refractivity contribution is -0.120. The van der Waals surface area contributed by atoms with Gasteiger partial charge in [0, 0.05) is 13.1 Å². The molecule has 0 aromatic heterocycles. The number of carbonyl (C=O) groups is 1. The average Bonchev–Trinajstić information content (AvgIpc) is 2.42. The molecule has 0 bridgehead atoms. The van der Waals surface area contributed by atoms with Crippen LogP contribution in [0.5, 0.6) is 0 Å². The minimum atomic E-state index is -0.652. The van der Waals surface area contributed by atoms with Gasteiger partial charge in [-0.15, -0.1) is 0 Å². The summed E-state index contributed by atoms with van der Waals surface area (Å²) in [6, 6.07) is 3.76. The van der Waals surface area contributed by atoms with Gasteiger partial charge in [-0.25, -0.2) is 4.39 Å². The van der Waals surface area contributed by atoms with E-state index in [9.17, 15) is 9.18 Å². The fourth-order valence-corrected chi connectivity index (χ4v) is 2.19. The van der Waals surface area contributed by atoms with Crippen LogP contribution in [0.4, 0.5) is 4.39 Å². The van der Waals surface area contributed by atoms with Crippen LogP contribution in [-0.2, 0) is 4.79 Å². The molecule has 1 aromatic rings. The highest BCUT2D eigenvalue weighted by atomic mass is 19.1. The Bertz CT molecular complexity index is 447. The van der Waals surface area contributed by atoms with Crippen LogP contribution in [0.15, 0.2) is 18.2 Å². The van der Waals surface area contributed by atoms with Crippen molar-refractivity contribution in [3.05, 3.63) is 35.1 Å². The number of nitrogens with one attached hydrogen (secondary N) is 1.